The molecular formula is C13H11BrClNO4S2. The van der Waals surface area contributed by atoms with E-state index < -0.39 is 16.0 Å². The molecule has 0 atom stereocenters. The van der Waals surface area contributed by atoms with Crippen molar-refractivity contribution in [2.75, 3.05) is 0 Å². The second-order valence-corrected chi connectivity index (χ2v) is 7.27. The van der Waals surface area contributed by atoms with Crippen LogP contribution in [0.1, 0.15) is 15.9 Å². The molecule has 2 aromatic rings. The van der Waals surface area contributed by atoms with Gasteiger partial charge in [0.25, 0.3) is 10.1 Å². The van der Waals surface area contributed by atoms with E-state index in [1.165, 1.54) is 17.4 Å². The van der Waals surface area contributed by atoms with Crippen molar-refractivity contribution in [2.45, 2.75) is 0 Å². The zero-order valence-electron chi connectivity index (χ0n) is 10.9. The number of primary amides is 1. The van der Waals surface area contributed by atoms with E-state index in [2.05, 4.69) is 15.9 Å². The summed E-state index contributed by atoms with van der Waals surface area (Å²) in [5.41, 5.74) is 6.14. The van der Waals surface area contributed by atoms with E-state index in [4.69, 9.17) is 21.9 Å². The molecule has 0 bridgehead atoms. The van der Waals surface area contributed by atoms with Gasteiger partial charge in [0.1, 0.15) is 0 Å². The van der Waals surface area contributed by atoms with Crippen molar-refractivity contribution in [1.82, 2.24) is 0 Å². The highest BCUT2D eigenvalue weighted by Gasteiger charge is 2.05. The second kappa shape index (κ2) is 8.44. The number of rotatable bonds is 3. The normalized spacial score (nSPS) is 11.0. The molecule has 1 aromatic heterocycles. The van der Waals surface area contributed by atoms with Gasteiger partial charge in [0, 0.05) is 4.47 Å². The van der Waals surface area contributed by atoms with Crippen molar-refractivity contribution < 1.29 is 17.8 Å². The molecule has 22 heavy (non-hydrogen) atoms. The number of hydrogen-bond donors (Lipinski definition) is 2. The van der Waals surface area contributed by atoms with Gasteiger partial charge in [-0.15, -0.1) is 0 Å². The highest BCUT2D eigenvalue weighted by atomic mass is 79.9. The number of hydrogen-bond acceptors (Lipinski definition) is 4. The summed E-state index contributed by atoms with van der Waals surface area (Å²) in [6.07, 6.45) is 1.34. The van der Waals surface area contributed by atoms with E-state index in [0.29, 0.717) is 10.6 Å². The van der Waals surface area contributed by atoms with Crippen molar-refractivity contribution in [3.63, 3.8) is 0 Å². The van der Waals surface area contributed by atoms with Gasteiger partial charge in [-0.3, -0.25) is 9.35 Å². The number of benzene rings is 1. The van der Waals surface area contributed by atoms with E-state index in [9.17, 15) is 13.2 Å². The third-order valence-electron chi connectivity index (χ3n) is 2.17. The number of carbonyl (C=O) groups excluding carboxylic acids is 1. The summed E-state index contributed by atoms with van der Waals surface area (Å²) < 4.78 is 29.5. The van der Waals surface area contributed by atoms with E-state index in [1.807, 2.05) is 5.38 Å². The lowest BCUT2D eigenvalue weighted by atomic mass is 10.2. The topological polar surface area (TPSA) is 97.5 Å². The molecule has 0 saturated carbocycles. The van der Waals surface area contributed by atoms with Gasteiger partial charge in [0.2, 0.25) is 5.91 Å². The summed E-state index contributed by atoms with van der Waals surface area (Å²) in [6.45, 7) is 0. The molecule has 0 fully saturated rings. The number of thiophene rings is 1. The monoisotopic (exact) mass is 423 g/mol. The Labute approximate surface area is 145 Å². The molecule has 0 unspecified atom stereocenters. The van der Waals surface area contributed by atoms with Crippen LogP contribution in [0.4, 0.5) is 0 Å². The molecule has 0 aliphatic rings. The van der Waals surface area contributed by atoms with Gasteiger partial charge >= 0.3 is 0 Å². The highest BCUT2D eigenvalue weighted by molar-refractivity contribution is 9.10. The third kappa shape index (κ3) is 7.19. The van der Waals surface area contributed by atoms with Crippen LogP contribution in [0.25, 0.3) is 6.08 Å². The van der Waals surface area contributed by atoms with Gasteiger partial charge in [-0.05, 0) is 46.7 Å². The van der Waals surface area contributed by atoms with Gasteiger partial charge in [-0.25, -0.2) is 0 Å². The predicted octanol–water partition coefficient (Wildman–Crippen LogP) is 3.81. The summed E-state index contributed by atoms with van der Waals surface area (Å²) in [5.74, 6) is -0.512. The van der Waals surface area contributed by atoms with Gasteiger partial charge < -0.3 is 5.73 Å². The molecule has 1 amide bonds. The summed E-state index contributed by atoms with van der Waals surface area (Å²) in [6, 6.07) is 6.68. The molecule has 0 aliphatic carbocycles. The van der Waals surface area contributed by atoms with E-state index in [0.717, 1.165) is 15.4 Å². The van der Waals surface area contributed by atoms with Crippen LogP contribution in [0.3, 0.4) is 0 Å². The Hall–Kier alpha value is -1.19. The van der Waals surface area contributed by atoms with Crippen LogP contribution in [0.15, 0.2) is 44.9 Å². The predicted molar refractivity (Wildman–Crippen MR) is 92.6 cm³/mol. The van der Waals surface area contributed by atoms with Gasteiger partial charge in [-0.2, -0.15) is 19.8 Å². The second-order valence-electron chi connectivity index (χ2n) is 3.86. The maximum absolute atomic E-state index is 10.7. The third-order valence-corrected chi connectivity index (χ3v) is 4.16. The number of halogens is 2. The van der Waals surface area contributed by atoms with Crippen LogP contribution in [0.5, 0.6) is 0 Å². The van der Waals surface area contributed by atoms with Crippen molar-refractivity contribution in [1.29, 1.82) is 0 Å². The lowest BCUT2D eigenvalue weighted by Gasteiger charge is -1.98. The number of carbonyl (C=O) groups is 1. The first-order valence-corrected chi connectivity index (χ1v) is 9.23. The fourth-order valence-corrected chi connectivity index (χ4v) is 2.95. The Morgan fingerprint density at radius 3 is 2.50 bits per heavy atom. The highest BCUT2D eigenvalue weighted by Crippen LogP contribution is 2.20. The molecule has 5 nitrogen and oxygen atoms in total. The number of amides is 1. The Morgan fingerprint density at radius 2 is 2.05 bits per heavy atom. The molecule has 0 spiro atoms. The average Bonchev–Trinajstić information content (AvgIpc) is 2.89. The average molecular weight is 425 g/mol. The van der Waals surface area contributed by atoms with Crippen LogP contribution in [0.2, 0.25) is 5.02 Å². The smallest absolute Gasteiger partial charge is 0.287 e. The maximum Gasteiger partial charge on any atom is 0.287 e. The zero-order valence-corrected chi connectivity index (χ0v) is 14.9. The van der Waals surface area contributed by atoms with Crippen molar-refractivity contribution in [3.05, 3.63) is 61.1 Å². The first-order valence-electron chi connectivity index (χ1n) is 5.61. The lowest BCUT2D eigenvalue weighted by Crippen LogP contribution is -2.11. The molecule has 3 N–H and O–H groups in total. The van der Waals surface area contributed by atoms with Crippen LogP contribution in [-0.2, 0) is 10.1 Å². The molecule has 0 radical (unpaired) electrons. The Kier molecular flexibility index (Phi) is 7.24. The first-order chi connectivity index (χ1) is 10.2. The van der Waals surface area contributed by atoms with E-state index in [1.54, 1.807) is 29.6 Å². The largest absolute Gasteiger partial charge is 0.366 e. The summed E-state index contributed by atoms with van der Waals surface area (Å²) in [4.78, 5) is 10.7. The van der Waals surface area contributed by atoms with Crippen LogP contribution >= 0.6 is 38.9 Å². The molecule has 0 aliphatic heterocycles. The fraction of sp³-hybridized carbons (Fsp3) is 0. The lowest BCUT2D eigenvalue weighted by molar-refractivity contribution is 0.100. The quantitative estimate of drug-likeness (QED) is 0.732. The zero-order chi connectivity index (χ0) is 16.8. The minimum absolute atomic E-state index is 0.342. The Balaban J connectivity index is 0.000000220. The molecule has 1 heterocycles. The minimum Gasteiger partial charge on any atom is -0.366 e. The molecule has 118 valence electrons. The van der Waals surface area contributed by atoms with Gasteiger partial charge in [-0.1, -0.05) is 27.5 Å². The molecule has 9 heteroatoms. The standard InChI is InChI=1S/C7H5BrClNO.C6H6O3S2/c8-4-1-2-5(7(10)11)6(9)3-4;7-11(8,9)4-2-6-1-3-10-5-6/h1-3H,(H2,10,11);1-5H,(H,7,8,9)/b;4-2+. The van der Waals surface area contributed by atoms with Crippen molar-refractivity contribution >= 4 is 61.0 Å². The van der Waals surface area contributed by atoms with Gasteiger partial charge in [0.15, 0.2) is 0 Å². The molecule has 2 rings (SSSR count). The van der Waals surface area contributed by atoms with Crippen molar-refractivity contribution in [2.24, 2.45) is 5.73 Å². The van der Waals surface area contributed by atoms with Crippen LogP contribution in [-0.4, -0.2) is 18.9 Å². The van der Waals surface area contributed by atoms with Crippen molar-refractivity contribution in [3.8, 4) is 0 Å². The van der Waals surface area contributed by atoms with E-state index >= 15 is 0 Å². The summed E-state index contributed by atoms with van der Waals surface area (Å²) >= 11 is 10.4. The molecular weight excluding hydrogens is 414 g/mol. The summed E-state index contributed by atoms with van der Waals surface area (Å²) in [7, 11) is -3.98. The molecule has 0 saturated heterocycles. The van der Waals surface area contributed by atoms with Crippen LogP contribution < -0.4 is 5.73 Å². The van der Waals surface area contributed by atoms with Gasteiger partial charge in [0.05, 0.1) is 16.0 Å². The first kappa shape index (κ1) is 18.9. The fourth-order valence-electron chi connectivity index (χ4n) is 1.22. The molecule has 1 aromatic carbocycles. The number of nitrogens with two attached hydrogens (primary N) is 1. The Bertz CT molecular complexity index is 773. The SMILES string of the molecule is NC(=O)c1ccc(Br)cc1Cl.O=S(=O)(O)/C=C/c1ccsc1. The summed E-state index contributed by atoms with van der Waals surface area (Å²) in [5, 5.41) is 4.73. The van der Waals surface area contributed by atoms with Crippen LogP contribution in [0, 0.1) is 0 Å². The van der Waals surface area contributed by atoms with E-state index in [-0.39, 0.29) is 0 Å². The Morgan fingerprint density at radius 1 is 1.36 bits per heavy atom. The maximum atomic E-state index is 10.7. The minimum atomic E-state index is -3.98.